The summed E-state index contributed by atoms with van der Waals surface area (Å²) in [6.45, 7) is 0. The molecule has 0 saturated heterocycles. The van der Waals surface area contributed by atoms with Crippen LogP contribution in [0.2, 0.25) is 0 Å². The number of fused-ring (bicyclic) bond motifs is 2. The van der Waals surface area contributed by atoms with E-state index in [-0.39, 0.29) is 6.04 Å². The Labute approximate surface area is 271 Å². The van der Waals surface area contributed by atoms with Gasteiger partial charge in [0.1, 0.15) is 0 Å². The van der Waals surface area contributed by atoms with Crippen molar-refractivity contribution in [2.75, 3.05) is 9.80 Å². The summed E-state index contributed by atoms with van der Waals surface area (Å²) in [5, 5.41) is 5.22. The Bertz CT molecular complexity index is 2110. The molecular formula is C44H38N2. The molecule has 5 aromatic carbocycles. The number of hydrogen-bond acceptors (Lipinski definition) is 2. The van der Waals surface area contributed by atoms with Crippen LogP contribution in [-0.4, -0.2) is 6.04 Å². The Kier molecular flexibility index (Phi) is 7.70. The number of para-hydroxylation sites is 1. The van der Waals surface area contributed by atoms with Gasteiger partial charge in [-0.25, -0.2) is 0 Å². The van der Waals surface area contributed by atoms with E-state index in [4.69, 9.17) is 0 Å². The van der Waals surface area contributed by atoms with E-state index in [1.165, 1.54) is 55.2 Å². The zero-order valence-electron chi connectivity index (χ0n) is 26.0. The van der Waals surface area contributed by atoms with E-state index in [0.29, 0.717) is 5.92 Å². The molecule has 5 aromatic rings. The van der Waals surface area contributed by atoms with Gasteiger partial charge < -0.3 is 9.80 Å². The van der Waals surface area contributed by atoms with Crippen molar-refractivity contribution in [2.45, 2.75) is 37.6 Å². The summed E-state index contributed by atoms with van der Waals surface area (Å²) in [7, 11) is 0. The summed E-state index contributed by atoms with van der Waals surface area (Å²) >= 11 is 0. The van der Waals surface area contributed by atoms with Crippen molar-refractivity contribution in [1.29, 1.82) is 0 Å². The van der Waals surface area contributed by atoms with Crippen molar-refractivity contribution in [3.8, 4) is 0 Å². The first-order valence-electron chi connectivity index (χ1n) is 16.6. The highest BCUT2D eigenvalue weighted by molar-refractivity contribution is 5.95. The summed E-state index contributed by atoms with van der Waals surface area (Å²) in [4.78, 5) is 4.99. The highest BCUT2D eigenvalue weighted by Gasteiger charge is 2.24. The molecule has 0 fully saturated rings. The maximum Gasteiger partial charge on any atom is 0.0559 e. The van der Waals surface area contributed by atoms with Crippen molar-refractivity contribution in [2.24, 2.45) is 0 Å². The summed E-state index contributed by atoms with van der Waals surface area (Å²) in [5.74, 6) is 0.344. The zero-order valence-corrected chi connectivity index (χ0v) is 26.0. The second kappa shape index (κ2) is 12.6. The van der Waals surface area contributed by atoms with E-state index < -0.39 is 0 Å². The summed E-state index contributed by atoms with van der Waals surface area (Å²) in [6, 6.07) is 44.6. The molecule has 2 unspecified atom stereocenters. The molecule has 3 aliphatic carbocycles. The van der Waals surface area contributed by atoms with E-state index in [0.717, 1.165) is 25.7 Å². The molecule has 0 aromatic heterocycles. The molecule has 0 radical (unpaired) electrons. The Hall–Kier alpha value is -5.34. The molecule has 0 aliphatic heterocycles. The molecule has 0 spiro atoms. The van der Waals surface area contributed by atoms with Gasteiger partial charge in [0.05, 0.1) is 6.04 Å². The largest absolute Gasteiger partial charge is 0.334 e. The van der Waals surface area contributed by atoms with E-state index in [1.54, 1.807) is 0 Å². The Morgan fingerprint density at radius 3 is 2.22 bits per heavy atom. The lowest BCUT2D eigenvalue weighted by molar-refractivity contribution is 0.747. The van der Waals surface area contributed by atoms with Crippen LogP contribution in [0, 0.1) is 0 Å². The van der Waals surface area contributed by atoms with Crippen LogP contribution in [0.1, 0.15) is 37.2 Å². The van der Waals surface area contributed by atoms with Gasteiger partial charge in [-0.15, -0.1) is 0 Å². The van der Waals surface area contributed by atoms with Crippen LogP contribution in [0.5, 0.6) is 0 Å². The highest BCUT2D eigenvalue weighted by atomic mass is 15.2. The van der Waals surface area contributed by atoms with Crippen LogP contribution < -0.4 is 20.2 Å². The average molecular weight is 595 g/mol. The van der Waals surface area contributed by atoms with E-state index in [1.807, 2.05) is 0 Å². The number of anilines is 3. The van der Waals surface area contributed by atoms with Gasteiger partial charge in [0.2, 0.25) is 0 Å². The van der Waals surface area contributed by atoms with Crippen LogP contribution in [0.4, 0.5) is 17.1 Å². The number of benzene rings is 5. The molecule has 2 atom stereocenters. The molecule has 3 aliphatic rings. The topological polar surface area (TPSA) is 6.48 Å². The Morgan fingerprint density at radius 2 is 1.39 bits per heavy atom. The molecule has 224 valence electrons. The minimum absolute atomic E-state index is 0.284. The second-order valence-corrected chi connectivity index (χ2v) is 12.4. The van der Waals surface area contributed by atoms with Crippen molar-refractivity contribution >= 4 is 39.6 Å². The molecule has 0 amide bonds. The Balaban J connectivity index is 1.10. The van der Waals surface area contributed by atoms with Gasteiger partial charge in [-0.3, -0.25) is 0 Å². The van der Waals surface area contributed by atoms with E-state index in [2.05, 4.69) is 180 Å². The smallest absolute Gasteiger partial charge is 0.0559 e. The molecule has 0 saturated carbocycles. The predicted molar refractivity (Wildman–Crippen MR) is 196 cm³/mol. The molecule has 46 heavy (non-hydrogen) atoms. The first-order valence-corrected chi connectivity index (χ1v) is 16.6. The van der Waals surface area contributed by atoms with Crippen LogP contribution in [0.15, 0.2) is 170 Å². The van der Waals surface area contributed by atoms with Crippen molar-refractivity contribution in [3.63, 3.8) is 0 Å². The summed E-state index contributed by atoms with van der Waals surface area (Å²) in [6.07, 6.45) is 22.6. The number of rotatable bonds is 7. The molecule has 2 nitrogen and oxygen atoms in total. The summed E-state index contributed by atoms with van der Waals surface area (Å²) < 4.78 is 0. The molecule has 0 N–H and O–H groups in total. The lowest BCUT2D eigenvalue weighted by Gasteiger charge is -2.35. The Morgan fingerprint density at radius 1 is 0.609 bits per heavy atom. The normalized spacial score (nSPS) is 18.5. The van der Waals surface area contributed by atoms with Crippen LogP contribution in [-0.2, 0) is 0 Å². The zero-order chi connectivity index (χ0) is 30.7. The second-order valence-electron chi connectivity index (χ2n) is 12.4. The molecular weight excluding hydrogens is 556 g/mol. The quantitative estimate of drug-likeness (QED) is 0.185. The predicted octanol–water partition coefficient (Wildman–Crippen LogP) is 9.68. The summed E-state index contributed by atoms with van der Waals surface area (Å²) in [5.41, 5.74) is 7.66. The third kappa shape index (κ3) is 5.41. The van der Waals surface area contributed by atoms with Crippen LogP contribution in [0.25, 0.3) is 22.5 Å². The average Bonchev–Trinajstić information content (AvgIpc) is 3.14. The monoisotopic (exact) mass is 594 g/mol. The van der Waals surface area contributed by atoms with Gasteiger partial charge in [0.25, 0.3) is 0 Å². The first kappa shape index (κ1) is 28.2. The third-order valence-corrected chi connectivity index (χ3v) is 9.56. The van der Waals surface area contributed by atoms with Gasteiger partial charge in [0, 0.05) is 45.0 Å². The van der Waals surface area contributed by atoms with Gasteiger partial charge >= 0.3 is 0 Å². The maximum absolute atomic E-state index is 2.53. The van der Waals surface area contributed by atoms with Gasteiger partial charge in [0.15, 0.2) is 0 Å². The van der Waals surface area contributed by atoms with E-state index in [9.17, 15) is 0 Å². The molecule has 0 bridgehead atoms. The first-order chi connectivity index (χ1) is 22.8. The molecule has 2 heteroatoms. The SMILES string of the molecule is C1=CCC(N(C2=CCC(c3ccc(N(C4=c5ccccc5=CCC4)c4ccccc4)cc3)C=C2)c2cccc3ccccc23)C=C1. The lowest BCUT2D eigenvalue weighted by atomic mass is 9.90. The van der Waals surface area contributed by atoms with Crippen molar-refractivity contribution in [3.05, 3.63) is 186 Å². The minimum Gasteiger partial charge on any atom is -0.334 e. The van der Waals surface area contributed by atoms with Gasteiger partial charge in [-0.1, -0.05) is 134 Å². The van der Waals surface area contributed by atoms with Crippen molar-refractivity contribution < 1.29 is 0 Å². The maximum atomic E-state index is 2.53. The number of allylic oxidation sites excluding steroid dienone is 5. The fourth-order valence-corrected chi connectivity index (χ4v) is 7.30. The minimum atomic E-state index is 0.284. The van der Waals surface area contributed by atoms with Gasteiger partial charge in [-0.05, 0) is 78.3 Å². The third-order valence-electron chi connectivity index (χ3n) is 9.56. The van der Waals surface area contributed by atoms with Gasteiger partial charge in [-0.2, -0.15) is 0 Å². The fraction of sp³-hybridized carbons (Fsp3) is 0.136. The van der Waals surface area contributed by atoms with Crippen molar-refractivity contribution in [1.82, 2.24) is 0 Å². The molecule has 8 rings (SSSR count). The number of nitrogens with zero attached hydrogens (tertiary/aromatic N) is 2. The lowest BCUT2D eigenvalue weighted by Crippen LogP contribution is -2.34. The standard InChI is InChI=1S/C44H38N2/c1-3-17-37(18-4-1)45(43-23-11-15-35-13-7-9-21-41(35)43)39-29-25-33(26-30-39)34-27-31-40(32-28-34)46(38-19-5-2-6-20-38)44-24-12-16-36-14-8-10-22-42(36)44/h1-11,13-17,19-23,25,27-33,37H,12,18,24,26H2. The highest BCUT2D eigenvalue weighted by Crippen LogP contribution is 2.38. The fourth-order valence-electron chi connectivity index (χ4n) is 7.30. The van der Waals surface area contributed by atoms with E-state index >= 15 is 0 Å². The molecule has 0 heterocycles. The van der Waals surface area contributed by atoms with Crippen LogP contribution in [0.3, 0.4) is 0 Å². The number of hydrogen-bond donors (Lipinski definition) is 0. The van der Waals surface area contributed by atoms with Crippen LogP contribution >= 0.6 is 0 Å².